The van der Waals surface area contributed by atoms with Crippen molar-refractivity contribution in [2.75, 3.05) is 19.6 Å². The fraction of sp³-hybridized carbons (Fsp3) is 0.391. The standard InChI is InChI=1S/C23H28N2O2/c1-3-6-22(26)25-14-13-24-23(27)20(16-25)15-19-7-4-5-8-21(19)18-11-9-17(2)10-12-18/h4-5,7-12,20H,3,6,13-16H2,1-2H3,(H,24,27). The molecule has 0 saturated carbocycles. The number of nitrogens with zero attached hydrogens (tertiary/aromatic N) is 1. The third-order valence-corrected chi connectivity index (χ3v) is 5.16. The van der Waals surface area contributed by atoms with Gasteiger partial charge in [-0.05, 0) is 36.5 Å². The van der Waals surface area contributed by atoms with Gasteiger partial charge in [0.25, 0.3) is 0 Å². The molecule has 1 saturated heterocycles. The van der Waals surface area contributed by atoms with Gasteiger partial charge in [-0.3, -0.25) is 9.59 Å². The third kappa shape index (κ3) is 4.76. The van der Waals surface area contributed by atoms with Crippen molar-refractivity contribution in [3.63, 3.8) is 0 Å². The molecule has 4 nitrogen and oxygen atoms in total. The van der Waals surface area contributed by atoms with E-state index in [1.54, 1.807) is 0 Å². The van der Waals surface area contributed by atoms with Gasteiger partial charge in [0.1, 0.15) is 0 Å². The van der Waals surface area contributed by atoms with E-state index < -0.39 is 0 Å². The molecule has 27 heavy (non-hydrogen) atoms. The van der Waals surface area contributed by atoms with Gasteiger partial charge in [0, 0.05) is 26.1 Å². The molecule has 1 atom stereocenters. The summed E-state index contributed by atoms with van der Waals surface area (Å²) < 4.78 is 0. The van der Waals surface area contributed by atoms with Crippen LogP contribution in [0.25, 0.3) is 11.1 Å². The second-order valence-electron chi connectivity index (χ2n) is 7.31. The van der Waals surface area contributed by atoms with Crippen molar-refractivity contribution in [1.29, 1.82) is 0 Å². The molecule has 2 aromatic carbocycles. The number of aryl methyl sites for hydroxylation is 1. The molecule has 1 fully saturated rings. The molecule has 1 N–H and O–H groups in total. The second kappa shape index (κ2) is 8.85. The lowest BCUT2D eigenvalue weighted by atomic mass is 9.91. The molecule has 2 amide bonds. The molecule has 1 unspecified atom stereocenters. The minimum Gasteiger partial charge on any atom is -0.354 e. The van der Waals surface area contributed by atoms with Gasteiger partial charge in [-0.15, -0.1) is 0 Å². The average Bonchev–Trinajstić information content (AvgIpc) is 2.85. The zero-order valence-electron chi connectivity index (χ0n) is 16.2. The molecule has 1 aliphatic rings. The number of rotatable bonds is 5. The maximum absolute atomic E-state index is 12.6. The van der Waals surface area contributed by atoms with Crippen molar-refractivity contribution >= 4 is 11.8 Å². The second-order valence-corrected chi connectivity index (χ2v) is 7.31. The van der Waals surface area contributed by atoms with Gasteiger partial charge in [0.15, 0.2) is 0 Å². The number of nitrogens with one attached hydrogen (secondary N) is 1. The highest BCUT2D eigenvalue weighted by Crippen LogP contribution is 2.27. The third-order valence-electron chi connectivity index (χ3n) is 5.16. The molecule has 142 valence electrons. The minimum atomic E-state index is -0.222. The Labute approximate surface area is 161 Å². The van der Waals surface area contributed by atoms with Crippen LogP contribution in [0.2, 0.25) is 0 Å². The van der Waals surface area contributed by atoms with Gasteiger partial charge in [0.05, 0.1) is 5.92 Å². The lowest BCUT2D eigenvalue weighted by Gasteiger charge is -2.23. The first-order chi connectivity index (χ1) is 13.1. The SMILES string of the molecule is CCCC(=O)N1CCNC(=O)C(Cc2ccccc2-c2ccc(C)cc2)C1. The predicted molar refractivity (Wildman–Crippen MR) is 108 cm³/mol. The van der Waals surface area contributed by atoms with Crippen molar-refractivity contribution in [1.82, 2.24) is 10.2 Å². The first-order valence-corrected chi connectivity index (χ1v) is 9.79. The van der Waals surface area contributed by atoms with Gasteiger partial charge in [-0.25, -0.2) is 0 Å². The number of hydrogen-bond donors (Lipinski definition) is 1. The maximum Gasteiger partial charge on any atom is 0.225 e. The fourth-order valence-corrected chi connectivity index (χ4v) is 3.63. The van der Waals surface area contributed by atoms with Gasteiger partial charge in [-0.2, -0.15) is 0 Å². The Morgan fingerprint density at radius 3 is 2.63 bits per heavy atom. The van der Waals surface area contributed by atoms with Crippen molar-refractivity contribution < 1.29 is 9.59 Å². The number of amides is 2. The Bertz CT molecular complexity index is 798. The maximum atomic E-state index is 12.6. The van der Waals surface area contributed by atoms with E-state index in [4.69, 9.17) is 0 Å². The molecule has 0 radical (unpaired) electrons. The largest absolute Gasteiger partial charge is 0.354 e. The van der Waals surface area contributed by atoms with Crippen LogP contribution >= 0.6 is 0 Å². The lowest BCUT2D eigenvalue weighted by Crippen LogP contribution is -2.37. The summed E-state index contributed by atoms with van der Waals surface area (Å²) in [5, 5.41) is 2.98. The Hall–Kier alpha value is -2.62. The zero-order chi connectivity index (χ0) is 19.2. The van der Waals surface area contributed by atoms with Gasteiger partial charge in [0.2, 0.25) is 11.8 Å². The van der Waals surface area contributed by atoms with Gasteiger partial charge < -0.3 is 10.2 Å². The van der Waals surface area contributed by atoms with Gasteiger partial charge in [-0.1, -0.05) is 61.0 Å². The molecule has 3 rings (SSSR count). The predicted octanol–water partition coefficient (Wildman–Crippen LogP) is 3.58. The topological polar surface area (TPSA) is 49.4 Å². The van der Waals surface area contributed by atoms with Crippen LogP contribution in [0.1, 0.15) is 30.9 Å². The van der Waals surface area contributed by atoms with E-state index in [1.165, 1.54) is 5.56 Å². The van der Waals surface area contributed by atoms with E-state index in [-0.39, 0.29) is 17.7 Å². The number of benzene rings is 2. The summed E-state index contributed by atoms with van der Waals surface area (Å²) in [5.74, 6) is -0.0359. The summed E-state index contributed by atoms with van der Waals surface area (Å²) in [6.07, 6.45) is 2.00. The lowest BCUT2D eigenvalue weighted by molar-refractivity contribution is -0.132. The molecule has 0 spiro atoms. The summed E-state index contributed by atoms with van der Waals surface area (Å²) in [6, 6.07) is 16.7. The van der Waals surface area contributed by atoms with Crippen molar-refractivity contribution in [3.8, 4) is 11.1 Å². The highest BCUT2D eigenvalue weighted by molar-refractivity contribution is 5.82. The van der Waals surface area contributed by atoms with Crippen LogP contribution in [-0.4, -0.2) is 36.3 Å². The summed E-state index contributed by atoms with van der Waals surface area (Å²) >= 11 is 0. The fourth-order valence-electron chi connectivity index (χ4n) is 3.63. The smallest absolute Gasteiger partial charge is 0.225 e. The van der Waals surface area contributed by atoms with Crippen molar-refractivity contribution in [3.05, 3.63) is 59.7 Å². The summed E-state index contributed by atoms with van der Waals surface area (Å²) in [5.41, 5.74) is 4.68. The van der Waals surface area contributed by atoms with Crippen LogP contribution in [0.5, 0.6) is 0 Å². The molecule has 2 aromatic rings. The van der Waals surface area contributed by atoms with E-state index in [2.05, 4.69) is 48.6 Å². The zero-order valence-corrected chi connectivity index (χ0v) is 16.2. The quantitative estimate of drug-likeness (QED) is 0.882. The van der Waals surface area contributed by atoms with Crippen molar-refractivity contribution in [2.24, 2.45) is 5.92 Å². The Morgan fingerprint density at radius 2 is 1.89 bits per heavy atom. The Balaban J connectivity index is 1.83. The summed E-state index contributed by atoms with van der Waals surface area (Å²) in [7, 11) is 0. The molecule has 0 aromatic heterocycles. The first-order valence-electron chi connectivity index (χ1n) is 9.79. The van der Waals surface area contributed by atoms with Gasteiger partial charge >= 0.3 is 0 Å². The normalized spacial score (nSPS) is 17.3. The van der Waals surface area contributed by atoms with E-state index in [0.717, 1.165) is 23.1 Å². The van der Waals surface area contributed by atoms with Crippen molar-refractivity contribution in [2.45, 2.75) is 33.1 Å². The molecule has 1 heterocycles. The van der Waals surface area contributed by atoms with Crippen LogP contribution < -0.4 is 5.32 Å². The molecule has 0 bridgehead atoms. The number of hydrogen-bond acceptors (Lipinski definition) is 2. The molecule has 0 aliphatic carbocycles. The van der Waals surface area contributed by atoms with Crippen LogP contribution in [0.15, 0.2) is 48.5 Å². The molecular weight excluding hydrogens is 336 g/mol. The van der Waals surface area contributed by atoms with E-state index in [0.29, 0.717) is 32.5 Å². The van der Waals surface area contributed by atoms with E-state index in [1.807, 2.05) is 24.0 Å². The van der Waals surface area contributed by atoms with Crippen LogP contribution in [0.4, 0.5) is 0 Å². The molecular formula is C23H28N2O2. The van der Waals surface area contributed by atoms with Crippen LogP contribution in [0, 0.1) is 12.8 Å². The number of carbonyl (C=O) groups excluding carboxylic acids is 2. The van der Waals surface area contributed by atoms with Crippen LogP contribution in [0.3, 0.4) is 0 Å². The average molecular weight is 364 g/mol. The summed E-state index contributed by atoms with van der Waals surface area (Å²) in [6.45, 7) is 5.71. The number of carbonyl (C=O) groups is 2. The monoisotopic (exact) mass is 364 g/mol. The molecule has 4 heteroatoms. The van der Waals surface area contributed by atoms with Crippen LogP contribution in [-0.2, 0) is 16.0 Å². The Morgan fingerprint density at radius 1 is 1.15 bits per heavy atom. The van der Waals surface area contributed by atoms with E-state index >= 15 is 0 Å². The summed E-state index contributed by atoms with van der Waals surface area (Å²) in [4.78, 5) is 26.8. The Kier molecular flexibility index (Phi) is 6.28. The highest BCUT2D eigenvalue weighted by atomic mass is 16.2. The minimum absolute atomic E-state index is 0.0421. The highest BCUT2D eigenvalue weighted by Gasteiger charge is 2.28. The first kappa shape index (κ1) is 19.2. The molecule has 1 aliphatic heterocycles. The van der Waals surface area contributed by atoms with E-state index in [9.17, 15) is 9.59 Å².